The molecule has 6 nitrogen and oxygen atoms in total. The summed E-state index contributed by atoms with van der Waals surface area (Å²) in [6.07, 6.45) is -0.389. The van der Waals surface area contributed by atoms with Crippen LogP contribution >= 0.6 is 0 Å². The second-order valence-electron chi connectivity index (χ2n) is 9.24. The molecule has 2 aromatic rings. The van der Waals surface area contributed by atoms with E-state index in [1.165, 1.54) is 6.07 Å². The van der Waals surface area contributed by atoms with Gasteiger partial charge in [-0.3, -0.25) is 9.89 Å². The molecule has 3 aliphatic rings. The van der Waals surface area contributed by atoms with Gasteiger partial charge in [0.25, 0.3) is 0 Å². The lowest BCUT2D eigenvalue weighted by Crippen LogP contribution is -2.54. The molecule has 2 aliphatic heterocycles. The van der Waals surface area contributed by atoms with Crippen molar-refractivity contribution in [3.8, 4) is 5.75 Å². The maximum Gasteiger partial charge on any atom is 0.416 e. The minimum absolute atomic E-state index is 0.0667. The van der Waals surface area contributed by atoms with Gasteiger partial charge in [0.05, 0.1) is 36.4 Å². The Hall–Kier alpha value is -2.78. The van der Waals surface area contributed by atoms with E-state index in [0.717, 1.165) is 49.3 Å². The summed E-state index contributed by atoms with van der Waals surface area (Å²) in [5.74, 6) is 0.252. The highest BCUT2D eigenvalue weighted by molar-refractivity contribution is 5.94. The first-order valence-corrected chi connectivity index (χ1v) is 11.7. The second kappa shape index (κ2) is 9.11. The van der Waals surface area contributed by atoms with Crippen LogP contribution in [0.3, 0.4) is 0 Å². The molecule has 3 N–H and O–H groups in total. The maximum absolute atomic E-state index is 13.3. The lowest BCUT2D eigenvalue weighted by Gasteiger charge is -2.44. The molecule has 2 aromatic carbocycles. The Bertz CT molecular complexity index is 1070. The molecule has 0 spiro atoms. The fourth-order valence-electron chi connectivity index (χ4n) is 4.63. The van der Waals surface area contributed by atoms with Gasteiger partial charge in [0.15, 0.2) is 0 Å². The van der Waals surface area contributed by atoms with Crippen molar-refractivity contribution >= 4 is 17.6 Å². The zero-order chi connectivity index (χ0) is 23.9. The number of nitrogens with two attached hydrogens (primary N) is 1. The molecule has 0 aromatic heterocycles. The third-order valence-corrected chi connectivity index (χ3v) is 6.62. The van der Waals surface area contributed by atoms with Gasteiger partial charge in [-0.25, -0.2) is 0 Å². The summed E-state index contributed by atoms with van der Waals surface area (Å²) in [4.78, 5) is 6.89. The van der Waals surface area contributed by atoms with Crippen molar-refractivity contribution in [1.82, 2.24) is 4.90 Å². The number of aliphatic imine (C=N–C) groups is 1. The highest BCUT2D eigenvalue weighted by Crippen LogP contribution is 2.41. The van der Waals surface area contributed by atoms with Gasteiger partial charge in [-0.2, -0.15) is 13.2 Å². The first kappa shape index (κ1) is 23.0. The van der Waals surface area contributed by atoms with Gasteiger partial charge in [-0.05, 0) is 44.0 Å². The van der Waals surface area contributed by atoms with Crippen molar-refractivity contribution < 1.29 is 22.6 Å². The first-order valence-electron chi connectivity index (χ1n) is 11.7. The van der Waals surface area contributed by atoms with Crippen molar-refractivity contribution in [3.63, 3.8) is 0 Å². The van der Waals surface area contributed by atoms with Crippen LogP contribution in [0.4, 0.5) is 24.5 Å². The molecular formula is C25H29F3N4O2. The molecule has 9 heteroatoms. The molecule has 3 unspecified atom stereocenters. The molecule has 34 heavy (non-hydrogen) atoms. The van der Waals surface area contributed by atoms with E-state index in [0.29, 0.717) is 23.9 Å². The number of halogens is 3. The van der Waals surface area contributed by atoms with E-state index in [2.05, 4.69) is 15.2 Å². The van der Waals surface area contributed by atoms with Crippen LogP contribution in [0.25, 0.3) is 0 Å². The predicted molar refractivity (Wildman–Crippen MR) is 126 cm³/mol. The predicted octanol–water partition coefficient (Wildman–Crippen LogP) is 4.50. The molecule has 0 amide bonds. The molecule has 1 aliphatic carbocycles. The number of hydrogen-bond donors (Lipinski definition) is 2. The summed E-state index contributed by atoms with van der Waals surface area (Å²) in [5, 5.41) is 3.60. The van der Waals surface area contributed by atoms with Gasteiger partial charge in [0, 0.05) is 41.8 Å². The number of morpholine rings is 1. The molecule has 2 heterocycles. The molecule has 0 radical (unpaired) electrons. The highest BCUT2D eigenvalue weighted by Gasteiger charge is 2.39. The van der Waals surface area contributed by atoms with Gasteiger partial charge in [0.1, 0.15) is 12.4 Å². The summed E-state index contributed by atoms with van der Waals surface area (Å²) in [6, 6.07) is 9.32. The van der Waals surface area contributed by atoms with Crippen molar-refractivity contribution in [1.29, 1.82) is 0 Å². The number of alkyl halides is 3. The fraction of sp³-hybridized carbons (Fsp3) is 0.480. The number of ether oxygens (including phenoxy) is 2. The van der Waals surface area contributed by atoms with E-state index in [1.54, 1.807) is 0 Å². The van der Waals surface area contributed by atoms with E-state index < -0.39 is 11.7 Å². The number of anilines is 2. The van der Waals surface area contributed by atoms with Crippen LogP contribution in [-0.2, 0) is 10.9 Å². The summed E-state index contributed by atoms with van der Waals surface area (Å²) >= 11 is 0. The number of nitrogens with one attached hydrogen (secondary N) is 1. The summed E-state index contributed by atoms with van der Waals surface area (Å²) in [6.45, 7) is 4.33. The zero-order valence-corrected chi connectivity index (χ0v) is 19.0. The highest BCUT2D eigenvalue weighted by atomic mass is 19.4. The number of nitrogen functional groups attached to an aromatic ring is 1. The molecule has 1 saturated carbocycles. The first-order chi connectivity index (χ1) is 16.3. The van der Waals surface area contributed by atoms with Gasteiger partial charge in [0.2, 0.25) is 0 Å². The molecule has 1 saturated heterocycles. The van der Waals surface area contributed by atoms with Gasteiger partial charge in [-0.1, -0.05) is 12.1 Å². The summed E-state index contributed by atoms with van der Waals surface area (Å²) in [7, 11) is 0. The lowest BCUT2D eigenvalue weighted by atomic mass is 9.92. The number of hydrogen-bond acceptors (Lipinski definition) is 6. The number of rotatable bonds is 5. The van der Waals surface area contributed by atoms with Crippen molar-refractivity contribution in [3.05, 3.63) is 53.1 Å². The van der Waals surface area contributed by atoms with Gasteiger partial charge < -0.3 is 20.5 Å². The normalized spacial score (nSPS) is 25.7. The van der Waals surface area contributed by atoms with Crippen LogP contribution in [0.15, 0.2) is 41.4 Å². The smallest absolute Gasteiger partial charge is 0.416 e. The minimum atomic E-state index is -4.43. The third-order valence-electron chi connectivity index (χ3n) is 6.62. The molecular weight excluding hydrogens is 445 g/mol. The molecule has 0 bridgehead atoms. The van der Waals surface area contributed by atoms with Crippen LogP contribution in [-0.4, -0.2) is 55.6 Å². The van der Waals surface area contributed by atoms with E-state index >= 15 is 0 Å². The Kier molecular flexibility index (Phi) is 6.16. The fourth-order valence-corrected chi connectivity index (χ4v) is 4.63. The molecule has 5 rings (SSSR count). The molecule has 182 valence electrons. The Morgan fingerprint density at radius 2 is 2.03 bits per heavy atom. The SMILES string of the molecule is CC1CN(C2COc3cc(C(F)(F)F)ccc3C2Nc2cccc(N)c2C=NC2CC2)CCO1. The van der Waals surface area contributed by atoms with Crippen LogP contribution in [0.1, 0.15) is 42.5 Å². The van der Waals surface area contributed by atoms with Crippen LogP contribution in [0.2, 0.25) is 0 Å². The van der Waals surface area contributed by atoms with E-state index in [9.17, 15) is 13.2 Å². The quantitative estimate of drug-likeness (QED) is 0.493. The Labute approximate surface area is 196 Å². The minimum Gasteiger partial charge on any atom is -0.491 e. The Morgan fingerprint density at radius 3 is 2.76 bits per heavy atom. The van der Waals surface area contributed by atoms with Crippen LogP contribution in [0, 0.1) is 0 Å². The molecule has 2 fully saturated rings. The maximum atomic E-state index is 13.3. The van der Waals surface area contributed by atoms with Gasteiger partial charge in [-0.15, -0.1) is 0 Å². The van der Waals surface area contributed by atoms with Crippen LogP contribution in [0.5, 0.6) is 5.75 Å². The standard InChI is InChI=1S/C25H29F3N4O2/c1-15-13-32(9-10-33-15)22-14-34-23-11-16(25(26,27)28)5-8-18(23)24(22)31-21-4-2-3-20(29)19(21)12-30-17-6-7-17/h2-5,8,11-12,15,17,22,24,31H,6-7,9-10,13-14,29H2,1H3. The summed E-state index contributed by atoms with van der Waals surface area (Å²) < 4.78 is 51.6. The summed E-state index contributed by atoms with van der Waals surface area (Å²) in [5.41, 5.74) is 8.45. The number of benzene rings is 2. The number of fused-ring (bicyclic) bond motifs is 1. The second-order valence-corrected chi connectivity index (χ2v) is 9.24. The average Bonchev–Trinajstić information content (AvgIpc) is 3.62. The van der Waals surface area contributed by atoms with E-state index in [4.69, 9.17) is 15.2 Å². The van der Waals surface area contributed by atoms with Gasteiger partial charge >= 0.3 is 6.18 Å². The Balaban J connectivity index is 1.52. The van der Waals surface area contributed by atoms with Crippen molar-refractivity contribution in [2.75, 3.05) is 37.4 Å². The molecule has 3 atom stereocenters. The third kappa shape index (κ3) is 4.86. The zero-order valence-electron chi connectivity index (χ0n) is 19.0. The van der Waals surface area contributed by atoms with Crippen molar-refractivity contribution in [2.24, 2.45) is 4.99 Å². The Morgan fingerprint density at radius 1 is 1.21 bits per heavy atom. The topological polar surface area (TPSA) is 72.1 Å². The van der Waals surface area contributed by atoms with E-state index in [-0.39, 0.29) is 30.5 Å². The average molecular weight is 475 g/mol. The lowest BCUT2D eigenvalue weighted by molar-refractivity contribution is -0.137. The van der Waals surface area contributed by atoms with Crippen molar-refractivity contribution in [2.45, 2.75) is 50.2 Å². The van der Waals surface area contributed by atoms with E-state index in [1.807, 2.05) is 31.3 Å². The van der Waals surface area contributed by atoms with Crippen LogP contribution < -0.4 is 15.8 Å². The largest absolute Gasteiger partial charge is 0.491 e. The monoisotopic (exact) mass is 474 g/mol. The number of nitrogens with zero attached hydrogens (tertiary/aromatic N) is 2.